The Morgan fingerprint density at radius 2 is 1.04 bits per heavy atom. The average Bonchev–Trinajstić information content (AvgIpc) is 2.61. The Morgan fingerprint density at radius 3 is 1.30 bits per heavy atom. The predicted molar refractivity (Wildman–Crippen MR) is 91.3 cm³/mol. The Hall–Kier alpha value is -1.38. The van der Waals surface area contributed by atoms with Gasteiger partial charge in [0.2, 0.25) is 0 Å². The molecule has 164 valence electrons. The second kappa shape index (κ2) is 22.7. The van der Waals surface area contributed by atoms with Crippen molar-refractivity contribution >= 4 is 11.9 Å². The van der Waals surface area contributed by atoms with Crippen LogP contribution in [0.25, 0.3) is 0 Å². The van der Waals surface area contributed by atoms with Gasteiger partial charge in [-0.1, -0.05) is 0 Å². The van der Waals surface area contributed by atoms with Crippen molar-refractivity contribution in [2.24, 2.45) is 0 Å². The van der Waals surface area contributed by atoms with E-state index < -0.39 is 24.1 Å². The average molecular weight is 404 g/mol. The van der Waals surface area contributed by atoms with Crippen LogP contribution in [0.2, 0.25) is 0 Å². The van der Waals surface area contributed by atoms with Crippen LogP contribution in [0.3, 0.4) is 0 Å². The lowest BCUT2D eigenvalue weighted by molar-refractivity contribution is -0.165. The van der Waals surface area contributed by atoms with Gasteiger partial charge in [0.1, 0.15) is 0 Å². The van der Waals surface area contributed by atoms with E-state index in [2.05, 4.69) is 4.74 Å². The number of aliphatic hydroxyl groups is 5. The van der Waals surface area contributed by atoms with Crippen LogP contribution in [-0.2, 0) is 23.8 Å². The summed E-state index contributed by atoms with van der Waals surface area (Å²) in [6, 6.07) is 0. The van der Waals surface area contributed by atoms with Crippen LogP contribution in [0.1, 0.15) is 13.8 Å². The summed E-state index contributed by atoms with van der Waals surface area (Å²) in [4.78, 5) is 19.5. The van der Waals surface area contributed by atoms with Crippen molar-refractivity contribution in [3.05, 3.63) is 0 Å². The van der Waals surface area contributed by atoms with E-state index >= 15 is 0 Å². The summed E-state index contributed by atoms with van der Waals surface area (Å²) in [7, 11) is 0. The fourth-order valence-corrected chi connectivity index (χ4v) is 1.01. The molecule has 0 saturated heterocycles. The first-order valence-electron chi connectivity index (χ1n) is 8.07. The van der Waals surface area contributed by atoms with Gasteiger partial charge in [-0.2, -0.15) is 0 Å². The fourth-order valence-electron chi connectivity index (χ4n) is 1.01. The zero-order chi connectivity index (χ0) is 21.7. The Kier molecular flexibility index (Phi) is 25.5. The zero-order valence-electron chi connectivity index (χ0n) is 15.6. The second-order valence-corrected chi connectivity index (χ2v) is 4.88. The first kappa shape index (κ1) is 30.4. The number of hydrogen-bond acceptors (Lipinski definition) is 10. The first-order valence-corrected chi connectivity index (χ1v) is 8.07. The molecule has 7 N–H and O–H groups in total. The summed E-state index contributed by atoms with van der Waals surface area (Å²) in [5.74, 6) is -3.54. The van der Waals surface area contributed by atoms with Gasteiger partial charge in [0, 0.05) is 0 Å². The number of carbonyl (C=O) groups is 2. The molecular formula is C15H32O12. The quantitative estimate of drug-likeness (QED) is 0.157. The van der Waals surface area contributed by atoms with Gasteiger partial charge < -0.3 is 50.0 Å². The van der Waals surface area contributed by atoms with Crippen molar-refractivity contribution in [3.8, 4) is 0 Å². The smallest absolute Gasteiger partial charge is 0.335 e. The largest absolute Gasteiger partial charge is 0.479 e. The number of carboxylic acids is 2. The predicted octanol–water partition coefficient (Wildman–Crippen LogP) is -2.71. The van der Waals surface area contributed by atoms with Crippen LogP contribution in [0.15, 0.2) is 0 Å². The van der Waals surface area contributed by atoms with Crippen molar-refractivity contribution in [1.29, 1.82) is 0 Å². The minimum absolute atomic E-state index is 0.0278. The van der Waals surface area contributed by atoms with Gasteiger partial charge in [-0.3, -0.25) is 0 Å². The summed E-state index contributed by atoms with van der Waals surface area (Å²) in [5, 5.41) is 57.0. The summed E-state index contributed by atoms with van der Waals surface area (Å²) < 4.78 is 14.8. The van der Waals surface area contributed by atoms with Crippen molar-refractivity contribution in [2.75, 3.05) is 52.9 Å². The third-order valence-corrected chi connectivity index (χ3v) is 2.19. The van der Waals surface area contributed by atoms with Gasteiger partial charge in [-0.25, -0.2) is 9.59 Å². The highest BCUT2D eigenvalue weighted by Crippen LogP contribution is 1.92. The van der Waals surface area contributed by atoms with Gasteiger partial charge in [0.15, 0.2) is 12.2 Å². The monoisotopic (exact) mass is 404 g/mol. The van der Waals surface area contributed by atoms with Gasteiger partial charge >= 0.3 is 11.9 Å². The number of hydrogen-bond donors (Lipinski definition) is 7. The first-order chi connectivity index (χ1) is 12.6. The summed E-state index contributed by atoms with van der Waals surface area (Å²) in [6.07, 6.45) is -4.27. The van der Waals surface area contributed by atoms with Gasteiger partial charge in [-0.05, 0) is 13.8 Å². The molecule has 0 fully saturated rings. The van der Waals surface area contributed by atoms with Crippen molar-refractivity contribution in [2.45, 2.75) is 32.2 Å². The van der Waals surface area contributed by atoms with E-state index in [1.807, 2.05) is 13.8 Å². The molecular weight excluding hydrogens is 372 g/mol. The minimum atomic E-state index is -2.27. The number of ether oxygens (including phenoxy) is 3. The molecule has 0 aromatic carbocycles. The SMILES string of the molecule is CC(C)OCCOCCO.O=C(O)C(O)C(O)C(=O)O.OCCOCCO. The Morgan fingerprint density at radius 1 is 0.704 bits per heavy atom. The molecule has 0 rings (SSSR count). The van der Waals surface area contributed by atoms with Crippen LogP contribution in [-0.4, -0.2) is 119 Å². The summed E-state index contributed by atoms with van der Waals surface area (Å²) in [6.45, 7) is 6.32. The summed E-state index contributed by atoms with van der Waals surface area (Å²) >= 11 is 0. The molecule has 0 aliphatic rings. The van der Waals surface area contributed by atoms with Gasteiger partial charge in [0.05, 0.1) is 59.0 Å². The molecule has 0 bridgehead atoms. The topological polar surface area (TPSA) is 203 Å². The molecule has 0 aromatic rings. The van der Waals surface area contributed by atoms with E-state index in [0.717, 1.165) is 0 Å². The normalized spacial score (nSPS) is 12.3. The molecule has 0 aromatic heterocycles. The molecule has 2 atom stereocenters. The number of carboxylic acid groups (broad SMARTS) is 2. The fraction of sp³-hybridized carbons (Fsp3) is 0.867. The van der Waals surface area contributed by atoms with Gasteiger partial charge in [0.25, 0.3) is 0 Å². The van der Waals surface area contributed by atoms with Crippen molar-refractivity contribution in [1.82, 2.24) is 0 Å². The highest BCUT2D eigenvalue weighted by atomic mass is 16.5. The zero-order valence-corrected chi connectivity index (χ0v) is 15.6. The number of aliphatic carboxylic acids is 2. The van der Waals surface area contributed by atoms with Crippen molar-refractivity contribution in [3.63, 3.8) is 0 Å². The van der Waals surface area contributed by atoms with Crippen LogP contribution in [0, 0.1) is 0 Å². The highest BCUT2D eigenvalue weighted by Gasteiger charge is 2.29. The number of rotatable bonds is 13. The molecule has 12 heteroatoms. The van der Waals surface area contributed by atoms with E-state index in [-0.39, 0.29) is 25.9 Å². The Labute approximate surface area is 157 Å². The molecule has 27 heavy (non-hydrogen) atoms. The lowest BCUT2D eigenvalue weighted by Crippen LogP contribution is -2.39. The molecule has 0 aliphatic carbocycles. The van der Waals surface area contributed by atoms with Gasteiger partial charge in [-0.15, -0.1) is 0 Å². The second-order valence-electron chi connectivity index (χ2n) is 4.88. The van der Waals surface area contributed by atoms with E-state index in [1.54, 1.807) is 0 Å². The minimum Gasteiger partial charge on any atom is -0.479 e. The number of aliphatic hydroxyl groups excluding tert-OH is 5. The molecule has 0 spiro atoms. The van der Waals surface area contributed by atoms with Crippen molar-refractivity contribution < 1.29 is 59.5 Å². The highest BCUT2D eigenvalue weighted by molar-refractivity contribution is 5.83. The lowest BCUT2D eigenvalue weighted by Gasteiger charge is -2.07. The van der Waals surface area contributed by atoms with Crippen LogP contribution >= 0.6 is 0 Å². The molecule has 0 radical (unpaired) electrons. The molecule has 0 amide bonds. The van der Waals surface area contributed by atoms with Crippen LogP contribution < -0.4 is 0 Å². The van der Waals surface area contributed by atoms with E-state index in [4.69, 9.17) is 45.2 Å². The maximum atomic E-state index is 9.77. The molecule has 0 aliphatic heterocycles. The molecule has 12 nitrogen and oxygen atoms in total. The maximum Gasteiger partial charge on any atom is 0.335 e. The Bertz CT molecular complexity index is 315. The van der Waals surface area contributed by atoms with Crippen LogP contribution in [0.5, 0.6) is 0 Å². The third-order valence-electron chi connectivity index (χ3n) is 2.19. The Balaban J connectivity index is -0.000000326. The van der Waals surface area contributed by atoms with E-state index in [1.165, 1.54) is 0 Å². The lowest BCUT2D eigenvalue weighted by atomic mass is 10.2. The molecule has 2 unspecified atom stereocenters. The molecule has 0 heterocycles. The van der Waals surface area contributed by atoms with E-state index in [9.17, 15) is 9.59 Å². The third kappa shape index (κ3) is 27.0. The molecule has 0 saturated carbocycles. The maximum absolute atomic E-state index is 9.77. The standard InChI is InChI=1S/C7H16O3.C4H6O6.C4H10O3/c1-7(2)10-6-5-9-4-3-8;5-1(3(7)8)2(6)4(9)10;5-1-3-7-4-2-6/h7-8H,3-6H2,1-2H3;1-2,5-6H,(H,7,8)(H,9,10);5-6H,1-4H2. The van der Waals surface area contributed by atoms with E-state index in [0.29, 0.717) is 33.0 Å². The van der Waals surface area contributed by atoms with Crippen LogP contribution in [0.4, 0.5) is 0 Å². The summed E-state index contributed by atoms with van der Waals surface area (Å²) in [5.41, 5.74) is 0.